The second-order valence-corrected chi connectivity index (χ2v) is 4.98. The summed E-state index contributed by atoms with van der Waals surface area (Å²) in [5, 5.41) is 1.10. The fraction of sp³-hybridized carbons (Fsp3) is 0.333. The van der Waals surface area contributed by atoms with Crippen LogP contribution in [0.1, 0.15) is 25.5 Å². The van der Waals surface area contributed by atoms with Gasteiger partial charge in [-0.25, -0.2) is 9.97 Å². The lowest BCUT2D eigenvalue weighted by molar-refractivity contribution is 0.263. The van der Waals surface area contributed by atoms with Crippen LogP contribution in [0.15, 0.2) is 36.5 Å². The Bertz CT molecular complexity index is 554. The molecule has 0 N–H and O–H groups in total. The molecule has 0 amide bonds. The monoisotopic (exact) mass is 224 g/mol. The average molecular weight is 224 g/mol. The van der Waals surface area contributed by atoms with E-state index in [1.165, 1.54) is 12.8 Å². The van der Waals surface area contributed by atoms with Crippen molar-refractivity contribution in [3.8, 4) is 0 Å². The molecule has 2 nitrogen and oxygen atoms in total. The first-order valence-corrected chi connectivity index (χ1v) is 6.21. The molecule has 0 aliphatic heterocycles. The third-order valence-electron chi connectivity index (χ3n) is 3.43. The lowest BCUT2D eigenvalue weighted by atomic mass is 9.76. The van der Waals surface area contributed by atoms with Crippen LogP contribution in [0.25, 0.3) is 17.1 Å². The minimum absolute atomic E-state index is 0.756. The van der Waals surface area contributed by atoms with Gasteiger partial charge in [0.15, 0.2) is 5.65 Å². The van der Waals surface area contributed by atoms with Gasteiger partial charge in [0.05, 0.1) is 5.69 Å². The van der Waals surface area contributed by atoms with Gasteiger partial charge in [0.25, 0.3) is 0 Å². The highest BCUT2D eigenvalue weighted by molar-refractivity contribution is 5.75. The smallest absolute Gasteiger partial charge is 0.159 e. The Labute approximate surface area is 101 Å². The first kappa shape index (κ1) is 10.5. The summed E-state index contributed by atoms with van der Waals surface area (Å²) in [5.74, 6) is 1.65. The molecule has 2 heterocycles. The van der Waals surface area contributed by atoms with Crippen molar-refractivity contribution in [2.45, 2.75) is 19.8 Å². The highest BCUT2D eigenvalue weighted by atomic mass is 14.8. The third kappa shape index (κ3) is 2.21. The molecular weight excluding hydrogens is 208 g/mol. The summed E-state index contributed by atoms with van der Waals surface area (Å²) >= 11 is 0. The summed E-state index contributed by atoms with van der Waals surface area (Å²) in [5.41, 5.74) is 1.84. The lowest BCUT2D eigenvalue weighted by Gasteiger charge is -2.29. The van der Waals surface area contributed by atoms with Crippen LogP contribution in [0.5, 0.6) is 0 Å². The molecule has 0 bridgehead atoms. The van der Waals surface area contributed by atoms with Crippen molar-refractivity contribution in [1.29, 1.82) is 0 Å². The Hall–Kier alpha value is -1.70. The standard InChI is InChI=1S/C15H16N2/c1-11-9-12(10-11)4-6-14-7-5-13-3-2-8-16-15(13)17-14/h2-8,11-12H,9-10H2,1H3/b6-4+. The molecule has 1 aliphatic rings. The second kappa shape index (κ2) is 4.28. The highest BCUT2D eigenvalue weighted by Gasteiger charge is 2.22. The number of hydrogen-bond donors (Lipinski definition) is 0. The number of aromatic nitrogens is 2. The van der Waals surface area contributed by atoms with E-state index in [4.69, 9.17) is 0 Å². The van der Waals surface area contributed by atoms with Crippen molar-refractivity contribution in [1.82, 2.24) is 9.97 Å². The molecule has 17 heavy (non-hydrogen) atoms. The number of nitrogens with zero attached hydrogens (tertiary/aromatic N) is 2. The van der Waals surface area contributed by atoms with Crippen LogP contribution in [0, 0.1) is 11.8 Å². The van der Waals surface area contributed by atoms with Crippen LogP contribution in [-0.4, -0.2) is 9.97 Å². The lowest BCUT2D eigenvalue weighted by Crippen LogP contribution is -2.18. The van der Waals surface area contributed by atoms with Crippen molar-refractivity contribution in [3.05, 3.63) is 42.2 Å². The van der Waals surface area contributed by atoms with Crippen LogP contribution in [0.4, 0.5) is 0 Å². The van der Waals surface area contributed by atoms with Crippen molar-refractivity contribution >= 4 is 17.1 Å². The fourth-order valence-corrected chi connectivity index (χ4v) is 2.42. The van der Waals surface area contributed by atoms with E-state index in [1.807, 2.05) is 12.1 Å². The molecular formula is C15H16N2. The summed E-state index contributed by atoms with van der Waals surface area (Å²) < 4.78 is 0. The molecule has 3 rings (SSSR count). The second-order valence-electron chi connectivity index (χ2n) is 4.98. The molecule has 0 unspecified atom stereocenters. The number of pyridine rings is 2. The van der Waals surface area contributed by atoms with Crippen LogP contribution in [-0.2, 0) is 0 Å². The fourth-order valence-electron chi connectivity index (χ4n) is 2.42. The third-order valence-corrected chi connectivity index (χ3v) is 3.43. The van der Waals surface area contributed by atoms with Gasteiger partial charge in [-0.05, 0) is 55.0 Å². The van der Waals surface area contributed by atoms with Gasteiger partial charge in [0.2, 0.25) is 0 Å². The van der Waals surface area contributed by atoms with Crippen LogP contribution < -0.4 is 0 Å². The molecule has 2 aromatic heterocycles. The number of fused-ring (bicyclic) bond motifs is 1. The first-order valence-electron chi connectivity index (χ1n) is 6.21. The van der Waals surface area contributed by atoms with Gasteiger partial charge in [-0.3, -0.25) is 0 Å². The maximum absolute atomic E-state index is 4.53. The zero-order valence-corrected chi connectivity index (χ0v) is 10.0. The molecule has 2 heteroatoms. The van der Waals surface area contributed by atoms with Crippen molar-refractivity contribution < 1.29 is 0 Å². The maximum Gasteiger partial charge on any atom is 0.159 e. The minimum atomic E-state index is 0.756. The van der Waals surface area contributed by atoms with E-state index in [0.29, 0.717) is 0 Å². The summed E-state index contributed by atoms with van der Waals surface area (Å²) in [4.78, 5) is 8.80. The van der Waals surface area contributed by atoms with Gasteiger partial charge < -0.3 is 0 Å². The average Bonchev–Trinajstić information content (AvgIpc) is 2.33. The summed E-state index contributed by atoms with van der Waals surface area (Å²) in [6.07, 6.45) is 8.85. The zero-order chi connectivity index (χ0) is 11.7. The summed E-state index contributed by atoms with van der Waals surface area (Å²) in [7, 11) is 0. The quantitative estimate of drug-likeness (QED) is 0.777. The van der Waals surface area contributed by atoms with Gasteiger partial charge in [-0.15, -0.1) is 0 Å². The minimum Gasteiger partial charge on any atom is -0.237 e. The molecule has 1 saturated carbocycles. The Morgan fingerprint density at radius 2 is 2.12 bits per heavy atom. The van der Waals surface area contributed by atoms with Gasteiger partial charge in [0.1, 0.15) is 0 Å². The van der Waals surface area contributed by atoms with E-state index >= 15 is 0 Å². The molecule has 86 valence electrons. The van der Waals surface area contributed by atoms with Gasteiger partial charge >= 0.3 is 0 Å². The highest BCUT2D eigenvalue weighted by Crippen LogP contribution is 2.34. The molecule has 1 aliphatic carbocycles. The zero-order valence-electron chi connectivity index (χ0n) is 10.0. The van der Waals surface area contributed by atoms with Crippen molar-refractivity contribution in [2.75, 3.05) is 0 Å². The molecule has 2 aromatic rings. The first-order chi connectivity index (χ1) is 8.31. The van der Waals surface area contributed by atoms with E-state index < -0.39 is 0 Å². The molecule has 0 aromatic carbocycles. The predicted molar refractivity (Wildman–Crippen MR) is 70.5 cm³/mol. The largest absolute Gasteiger partial charge is 0.237 e. The summed E-state index contributed by atoms with van der Waals surface area (Å²) in [6, 6.07) is 8.12. The topological polar surface area (TPSA) is 25.8 Å². The Morgan fingerprint density at radius 3 is 2.94 bits per heavy atom. The van der Waals surface area contributed by atoms with E-state index in [1.54, 1.807) is 6.20 Å². The molecule has 0 spiro atoms. The number of allylic oxidation sites excluding steroid dienone is 1. The van der Waals surface area contributed by atoms with E-state index in [0.717, 1.165) is 28.6 Å². The van der Waals surface area contributed by atoms with Crippen molar-refractivity contribution in [2.24, 2.45) is 11.8 Å². The summed E-state index contributed by atoms with van der Waals surface area (Å²) in [6.45, 7) is 2.31. The van der Waals surface area contributed by atoms with Crippen LogP contribution >= 0.6 is 0 Å². The normalized spacial score (nSPS) is 24.1. The molecule has 0 radical (unpaired) electrons. The Morgan fingerprint density at radius 1 is 1.24 bits per heavy atom. The Kier molecular flexibility index (Phi) is 2.63. The molecule has 0 atom stereocenters. The maximum atomic E-state index is 4.53. The van der Waals surface area contributed by atoms with Crippen LogP contribution in [0.2, 0.25) is 0 Å². The molecule has 0 saturated heterocycles. The van der Waals surface area contributed by atoms with Gasteiger partial charge in [0, 0.05) is 11.6 Å². The number of rotatable bonds is 2. The molecule has 1 fully saturated rings. The van der Waals surface area contributed by atoms with E-state index in [-0.39, 0.29) is 0 Å². The predicted octanol–water partition coefficient (Wildman–Crippen LogP) is 3.69. The Balaban J connectivity index is 1.81. The van der Waals surface area contributed by atoms with E-state index in [9.17, 15) is 0 Å². The number of hydrogen-bond acceptors (Lipinski definition) is 2. The van der Waals surface area contributed by atoms with Crippen molar-refractivity contribution in [3.63, 3.8) is 0 Å². The van der Waals surface area contributed by atoms with Gasteiger partial charge in [-0.1, -0.05) is 13.0 Å². The SMILES string of the molecule is CC1CC(/C=C/c2ccc3cccnc3n2)C1. The van der Waals surface area contributed by atoms with Gasteiger partial charge in [-0.2, -0.15) is 0 Å². The van der Waals surface area contributed by atoms with Crippen LogP contribution in [0.3, 0.4) is 0 Å². The van der Waals surface area contributed by atoms with E-state index in [2.05, 4.69) is 41.2 Å².